The van der Waals surface area contributed by atoms with Gasteiger partial charge in [-0.25, -0.2) is 4.99 Å². The van der Waals surface area contributed by atoms with Gasteiger partial charge in [0.2, 0.25) is 0 Å². The largest absolute Gasteiger partial charge is 0.493 e. The smallest absolute Gasteiger partial charge is 0.264 e. The van der Waals surface area contributed by atoms with Crippen molar-refractivity contribution >= 4 is 57.8 Å². The number of methoxy groups -OCH3 is 1. The molecule has 0 bridgehead atoms. The zero-order chi connectivity index (χ0) is 30.2. The van der Waals surface area contributed by atoms with Gasteiger partial charge in [0, 0.05) is 5.02 Å². The molecule has 1 N–H and O–H groups in total. The topological polar surface area (TPSA) is 78.4 Å². The molecule has 0 saturated carbocycles. The van der Waals surface area contributed by atoms with Crippen molar-refractivity contribution < 1.29 is 23.7 Å². The van der Waals surface area contributed by atoms with Crippen molar-refractivity contribution in [2.75, 3.05) is 13.7 Å². The van der Waals surface area contributed by atoms with E-state index in [1.165, 1.54) is 18.9 Å². The van der Waals surface area contributed by atoms with E-state index >= 15 is 0 Å². The van der Waals surface area contributed by atoms with Crippen molar-refractivity contribution in [2.24, 2.45) is 4.99 Å². The average molecular weight is 636 g/mol. The first-order valence-electron chi connectivity index (χ1n) is 13.4. The molecule has 0 aliphatic carbocycles. The lowest BCUT2D eigenvalue weighted by Crippen LogP contribution is -2.19. The minimum absolute atomic E-state index is 0.221. The number of rotatable bonds is 11. The molecule has 5 rings (SSSR count). The van der Waals surface area contributed by atoms with E-state index in [9.17, 15) is 4.79 Å². The molecule has 1 saturated heterocycles. The Labute approximate surface area is 264 Å². The fraction of sp³-hybridized carbons (Fsp3) is 0.152. The van der Waals surface area contributed by atoms with Gasteiger partial charge in [-0.3, -0.25) is 4.79 Å². The summed E-state index contributed by atoms with van der Waals surface area (Å²) in [5.74, 6) is 1.85. The van der Waals surface area contributed by atoms with Crippen LogP contribution in [0.25, 0.3) is 6.08 Å². The van der Waals surface area contributed by atoms with Crippen LogP contribution in [-0.4, -0.2) is 24.8 Å². The highest BCUT2D eigenvalue weighted by molar-refractivity contribution is 8.18. The van der Waals surface area contributed by atoms with Crippen LogP contribution in [0.3, 0.4) is 0 Å². The molecule has 1 amide bonds. The van der Waals surface area contributed by atoms with E-state index in [4.69, 9.17) is 42.1 Å². The number of amides is 1. The van der Waals surface area contributed by atoms with Gasteiger partial charge in [-0.15, -0.1) is 0 Å². The highest BCUT2D eigenvalue weighted by Gasteiger charge is 2.24. The summed E-state index contributed by atoms with van der Waals surface area (Å²) in [6.45, 7) is 3.07. The summed E-state index contributed by atoms with van der Waals surface area (Å²) in [4.78, 5) is 17.5. The predicted molar refractivity (Wildman–Crippen MR) is 173 cm³/mol. The number of amidine groups is 1. The van der Waals surface area contributed by atoms with Crippen LogP contribution in [0, 0.1) is 0 Å². The third-order valence-electron chi connectivity index (χ3n) is 6.19. The lowest BCUT2D eigenvalue weighted by Gasteiger charge is -2.16. The first-order valence-corrected chi connectivity index (χ1v) is 15.0. The van der Waals surface area contributed by atoms with Crippen LogP contribution < -0.4 is 24.3 Å². The molecule has 1 heterocycles. The summed E-state index contributed by atoms with van der Waals surface area (Å²) in [5, 5.41) is 4.21. The zero-order valence-electron chi connectivity index (χ0n) is 23.4. The van der Waals surface area contributed by atoms with Gasteiger partial charge in [0.05, 0.1) is 29.3 Å². The number of halogens is 2. The van der Waals surface area contributed by atoms with Gasteiger partial charge >= 0.3 is 0 Å². The SMILES string of the molecule is CCOc1cc(COc2c(Cl)cc(/C=C3/SC(=Nc4ccc(Cl)cc4)NC3=O)cc2OC)ccc1OCc1ccccc1. The number of carbonyl (C=O) groups excluding carboxylic acids is 1. The summed E-state index contributed by atoms with van der Waals surface area (Å²) < 4.78 is 23.5. The number of nitrogens with zero attached hydrogens (tertiary/aromatic N) is 1. The molecular weight excluding hydrogens is 607 g/mol. The predicted octanol–water partition coefficient (Wildman–Crippen LogP) is 8.45. The molecule has 0 atom stereocenters. The Morgan fingerprint density at radius 1 is 0.837 bits per heavy atom. The first kappa shape index (κ1) is 30.4. The summed E-state index contributed by atoms with van der Waals surface area (Å²) in [6.07, 6.45) is 1.73. The molecular formula is C33H28Cl2N2O5S. The van der Waals surface area contributed by atoms with E-state index in [1.54, 1.807) is 42.5 Å². The fourth-order valence-electron chi connectivity index (χ4n) is 4.15. The van der Waals surface area contributed by atoms with Crippen LogP contribution >= 0.6 is 35.0 Å². The maximum absolute atomic E-state index is 12.6. The summed E-state index contributed by atoms with van der Waals surface area (Å²) in [7, 11) is 1.54. The molecule has 1 aliphatic rings. The van der Waals surface area contributed by atoms with E-state index in [1.807, 2.05) is 55.5 Å². The zero-order valence-corrected chi connectivity index (χ0v) is 25.8. The van der Waals surface area contributed by atoms with Crippen molar-refractivity contribution in [1.29, 1.82) is 0 Å². The van der Waals surface area contributed by atoms with Crippen molar-refractivity contribution in [3.8, 4) is 23.0 Å². The second kappa shape index (κ2) is 14.4. The average Bonchev–Trinajstić information content (AvgIpc) is 3.35. The van der Waals surface area contributed by atoms with Crippen LogP contribution in [0.4, 0.5) is 5.69 Å². The lowest BCUT2D eigenvalue weighted by atomic mass is 10.1. The minimum Gasteiger partial charge on any atom is -0.493 e. The number of thioether (sulfide) groups is 1. The maximum atomic E-state index is 12.6. The molecule has 7 nitrogen and oxygen atoms in total. The molecule has 220 valence electrons. The van der Waals surface area contributed by atoms with Gasteiger partial charge in [0.15, 0.2) is 28.2 Å². The van der Waals surface area contributed by atoms with Crippen molar-refractivity contribution in [3.63, 3.8) is 0 Å². The Kier molecular flexibility index (Phi) is 10.1. The van der Waals surface area contributed by atoms with Crippen LogP contribution in [0.15, 0.2) is 94.8 Å². The summed E-state index contributed by atoms with van der Waals surface area (Å²) >= 11 is 13.8. The van der Waals surface area contributed by atoms with E-state index in [-0.39, 0.29) is 12.5 Å². The minimum atomic E-state index is -0.255. The summed E-state index contributed by atoms with van der Waals surface area (Å²) in [6, 6.07) is 26.2. The third kappa shape index (κ3) is 8.04. The highest BCUT2D eigenvalue weighted by atomic mass is 35.5. The molecule has 0 radical (unpaired) electrons. The molecule has 1 aliphatic heterocycles. The molecule has 4 aromatic rings. The molecule has 4 aromatic carbocycles. The maximum Gasteiger partial charge on any atom is 0.264 e. The number of benzene rings is 4. The van der Waals surface area contributed by atoms with Crippen molar-refractivity contribution in [3.05, 3.63) is 117 Å². The van der Waals surface area contributed by atoms with Crippen LogP contribution in [-0.2, 0) is 18.0 Å². The van der Waals surface area contributed by atoms with Crippen LogP contribution in [0.2, 0.25) is 10.0 Å². The van der Waals surface area contributed by atoms with Gasteiger partial charge < -0.3 is 24.3 Å². The number of aliphatic imine (C=N–C) groups is 1. The van der Waals surface area contributed by atoms with E-state index in [0.717, 1.165) is 11.1 Å². The molecule has 0 aromatic heterocycles. The molecule has 1 fully saturated rings. The molecule has 0 spiro atoms. The Morgan fingerprint density at radius 3 is 2.35 bits per heavy atom. The Hall–Kier alpha value is -4.11. The van der Waals surface area contributed by atoms with Crippen LogP contribution in [0.1, 0.15) is 23.6 Å². The normalized spacial score (nSPS) is 14.6. The van der Waals surface area contributed by atoms with Gasteiger partial charge in [-0.05, 0) is 90.0 Å². The first-order chi connectivity index (χ1) is 20.9. The molecule has 43 heavy (non-hydrogen) atoms. The number of nitrogens with one attached hydrogen (secondary N) is 1. The second-order valence-electron chi connectivity index (χ2n) is 9.27. The van der Waals surface area contributed by atoms with Crippen molar-refractivity contribution in [2.45, 2.75) is 20.1 Å². The number of hydrogen-bond donors (Lipinski definition) is 1. The highest BCUT2D eigenvalue weighted by Crippen LogP contribution is 2.39. The second-order valence-corrected chi connectivity index (χ2v) is 11.1. The quantitative estimate of drug-likeness (QED) is 0.167. The van der Waals surface area contributed by atoms with E-state index in [0.29, 0.717) is 67.6 Å². The number of hydrogen-bond acceptors (Lipinski definition) is 7. The monoisotopic (exact) mass is 634 g/mol. The Morgan fingerprint density at radius 2 is 1.60 bits per heavy atom. The lowest BCUT2D eigenvalue weighted by molar-refractivity contribution is -0.115. The van der Waals surface area contributed by atoms with Gasteiger partial charge in [-0.2, -0.15) is 0 Å². The molecule has 0 unspecified atom stereocenters. The number of carbonyl (C=O) groups is 1. The molecule has 10 heteroatoms. The van der Waals surface area contributed by atoms with E-state index < -0.39 is 0 Å². The van der Waals surface area contributed by atoms with E-state index in [2.05, 4.69) is 10.3 Å². The summed E-state index contributed by atoms with van der Waals surface area (Å²) in [5.41, 5.74) is 3.30. The number of ether oxygens (including phenoxy) is 4. The Balaban J connectivity index is 1.28. The van der Waals surface area contributed by atoms with Gasteiger partial charge in [-0.1, -0.05) is 59.6 Å². The standard InChI is InChI=1S/C33H28Cl2N2O5S/c1-3-40-28-16-22(9-14-27(28)41-19-21-7-5-4-6-8-21)20-42-31-26(35)15-23(17-29(31)39-2)18-30-32(38)37-33(43-30)36-25-12-10-24(34)11-13-25/h4-18H,3,19-20H2,1-2H3,(H,36,37,38)/b30-18+. The Bertz CT molecular complexity index is 1660. The third-order valence-corrected chi connectivity index (χ3v) is 7.63. The van der Waals surface area contributed by atoms with Gasteiger partial charge in [0.1, 0.15) is 13.2 Å². The fourth-order valence-corrected chi connectivity index (χ4v) is 5.39. The van der Waals surface area contributed by atoms with Crippen molar-refractivity contribution in [1.82, 2.24) is 5.32 Å². The van der Waals surface area contributed by atoms with Gasteiger partial charge in [0.25, 0.3) is 5.91 Å². The van der Waals surface area contributed by atoms with Crippen LogP contribution in [0.5, 0.6) is 23.0 Å².